The normalized spacial score (nSPS) is 13.1. The Labute approximate surface area is 172 Å². The van der Waals surface area contributed by atoms with Crippen LogP contribution >= 0.6 is 0 Å². The highest BCUT2D eigenvalue weighted by molar-refractivity contribution is 5.83. The quantitative estimate of drug-likeness (QED) is 0.229. The van der Waals surface area contributed by atoms with Crippen molar-refractivity contribution in [3.05, 3.63) is 36.5 Å². The van der Waals surface area contributed by atoms with Crippen molar-refractivity contribution in [2.45, 2.75) is 97.4 Å². The van der Waals surface area contributed by atoms with Crippen molar-refractivity contribution >= 4 is 11.9 Å². The molecule has 0 spiro atoms. The fraction of sp³-hybridized carbons (Fsp3) is 0.667. The number of hydrogen-bond acceptors (Lipinski definition) is 2. The molecule has 0 rings (SSSR count). The molecule has 2 N–H and O–H groups in total. The van der Waals surface area contributed by atoms with Crippen LogP contribution in [0, 0.1) is 5.92 Å². The van der Waals surface area contributed by atoms with Crippen LogP contribution in [0.3, 0.4) is 0 Å². The molecule has 0 aromatic rings. The zero-order valence-corrected chi connectivity index (χ0v) is 18.2. The van der Waals surface area contributed by atoms with Crippen molar-refractivity contribution in [1.29, 1.82) is 0 Å². The molecule has 1 amide bonds. The molecule has 0 bridgehead atoms. The summed E-state index contributed by atoms with van der Waals surface area (Å²) in [6, 6.07) is -0.762. The summed E-state index contributed by atoms with van der Waals surface area (Å²) in [6.45, 7) is 6.06. The molecular weight excluding hydrogens is 350 g/mol. The molecule has 28 heavy (non-hydrogen) atoms. The van der Waals surface area contributed by atoms with Gasteiger partial charge in [0.2, 0.25) is 5.91 Å². The predicted octanol–water partition coefficient (Wildman–Crippen LogP) is 6.19. The van der Waals surface area contributed by atoms with E-state index < -0.39 is 12.0 Å². The number of carbonyl (C=O) groups excluding carboxylic acids is 1. The number of hydrogen-bond donors (Lipinski definition) is 2. The number of amides is 1. The Morgan fingerprint density at radius 1 is 0.857 bits per heavy atom. The first kappa shape index (κ1) is 26.2. The van der Waals surface area contributed by atoms with Gasteiger partial charge < -0.3 is 10.4 Å². The minimum Gasteiger partial charge on any atom is -0.480 e. The molecule has 0 aromatic heterocycles. The van der Waals surface area contributed by atoms with Crippen LogP contribution in [0.15, 0.2) is 36.5 Å². The van der Waals surface area contributed by atoms with E-state index >= 15 is 0 Å². The Bertz CT molecular complexity index is 492. The molecular formula is C24H41NO3. The van der Waals surface area contributed by atoms with Gasteiger partial charge in [-0.15, -0.1) is 0 Å². The first-order chi connectivity index (χ1) is 13.5. The number of allylic oxidation sites excluding steroid dienone is 6. The molecule has 4 nitrogen and oxygen atoms in total. The third-order valence-corrected chi connectivity index (χ3v) is 4.40. The third-order valence-electron chi connectivity index (χ3n) is 4.40. The highest BCUT2D eigenvalue weighted by Gasteiger charge is 2.20. The average Bonchev–Trinajstić information content (AvgIpc) is 2.64. The molecule has 160 valence electrons. The lowest BCUT2D eigenvalue weighted by atomic mass is 10.0. The van der Waals surface area contributed by atoms with Crippen LogP contribution in [-0.2, 0) is 9.59 Å². The van der Waals surface area contributed by atoms with Crippen LogP contribution < -0.4 is 5.32 Å². The number of carboxylic acids is 1. The fourth-order valence-corrected chi connectivity index (χ4v) is 2.86. The Morgan fingerprint density at radius 3 is 2.04 bits per heavy atom. The van der Waals surface area contributed by atoms with E-state index in [1.54, 1.807) is 0 Å². The Hall–Kier alpha value is -1.84. The van der Waals surface area contributed by atoms with E-state index in [1.807, 2.05) is 13.8 Å². The average molecular weight is 392 g/mol. The Morgan fingerprint density at radius 2 is 1.43 bits per heavy atom. The van der Waals surface area contributed by atoms with Gasteiger partial charge in [0.25, 0.3) is 0 Å². The number of unbranched alkanes of at least 4 members (excludes halogenated alkanes) is 5. The molecule has 0 saturated heterocycles. The molecule has 0 radical (unpaired) electrons. The third kappa shape index (κ3) is 17.6. The second-order valence-corrected chi connectivity index (χ2v) is 7.69. The van der Waals surface area contributed by atoms with Crippen molar-refractivity contribution in [1.82, 2.24) is 5.32 Å². The van der Waals surface area contributed by atoms with Gasteiger partial charge in [0.15, 0.2) is 0 Å². The number of carboxylic acid groups (broad SMARTS) is 1. The number of rotatable bonds is 17. The largest absolute Gasteiger partial charge is 0.480 e. The van der Waals surface area contributed by atoms with Gasteiger partial charge in [0, 0.05) is 6.42 Å². The van der Waals surface area contributed by atoms with E-state index in [-0.39, 0.29) is 11.8 Å². The highest BCUT2D eigenvalue weighted by Crippen LogP contribution is 2.09. The molecule has 0 aliphatic carbocycles. The standard InChI is InChI=1S/C24H41NO3/c1-4-5-6-7-8-9-10-11-12-13-14-15-16-17-18-19-23(26)25-22(24(27)28)20-21(2)3/h5-6,8-9,11-12,21-22H,4,7,10,13-20H2,1-3H3,(H,25,26)(H,27,28)/b6-5-,9-8-,12-11-/t22-/m0/s1. The zero-order valence-electron chi connectivity index (χ0n) is 18.2. The summed E-state index contributed by atoms with van der Waals surface area (Å²) in [7, 11) is 0. The molecule has 0 saturated carbocycles. The molecule has 0 fully saturated rings. The number of aliphatic carboxylic acids is 1. The first-order valence-corrected chi connectivity index (χ1v) is 10.9. The minimum atomic E-state index is -0.945. The van der Waals surface area contributed by atoms with Crippen LogP contribution in [0.5, 0.6) is 0 Å². The topological polar surface area (TPSA) is 66.4 Å². The molecule has 4 heteroatoms. The van der Waals surface area contributed by atoms with Crippen molar-refractivity contribution < 1.29 is 14.7 Å². The van der Waals surface area contributed by atoms with Gasteiger partial charge in [-0.1, -0.05) is 76.5 Å². The molecule has 0 aromatic carbocycles. The summed E-state index contributed by atoms with van der Waals surface area (Å²) in [5, 5.41) is 11.8. The molecule has 0 heterocycles. The SMILES string of the molecule is CC/C=C\C/C=C\C/C=C\CCCCCCCC(=O)N[C@@H](CC(C)C)C(=O)O. The van der Waals surface area contributed by atoms with E-state index in [0.29, 0.717) is 12.8 Å². The van der Waals surface area contributed by atoms with Crippen LogP contribution in [0.25, 0.3) is 0 Å². The van der Waals surface area contributed by atoms with Crippen LogP contribution in [0.1, 0.15) is 91.4 Å². The number of carbonyl (C=O) groups is 2. The Balaban J connectivity index is 3.60. The van der Waals surface area contributed by atoms with Crippen molar-refractivity contribution in [3.8, 4) is 0 Å². The summed E-state index contributed by atoms with van der Waals surface area (Å²) in [4.78, 5) is 23.0. The summed E-state index contributed by atoms with van der Waals surface area (Å²) in [5.41, 5.74) is 0. The van der Waals surface area contributed by atoms with Gasteiger partial charge in [0.05, 0.1) is 0 Å². The van der Waals surface area contributed by atoms with Crippen molar-refractivity contribution in [2.75, 3.05) is 0 Å². The van der Waals surface area contributed by atoms with Crippen LogP contribution in [-0.4, -0.2) is 23.0 Å². The van der Waals surface area contributed by atoms with E-state index in [9.17, 15) is 9.59 Å². The highest BCUT2D eigenvalue weighted by atomic mass is 16.4. The van der Waals surface area contributed by atoms with Gasteiger partial charge in [-0.05, 0) is 50.9 Å². The summed E-state index contributed by atoms with van der Waals surface area (Å²) >= 11 is 0. The summed E-state index contributed by atoms with van der Waals surface area (Å²) in [6.07, 6.45) is 23.7. The predicted molar refractivity (Wildman–Crippen MR) is 118 cm³/mol. The zero-order chi connectivity index (χ0) is 21.0. The van der Waals surface area contributed by atoms with Gasteiger partial charge in [-0.2, -0.15) is 0 Å². The molecule has 0 aliphatic heterocycles. The monoisotopic (exact) mass is 391 g/mol. The lowest BCUT2D eigenvalue weighted by molar-refractivity contribution is -0.142. The molecule has 1 atom stereocenters. The molecule has 0 unspecified atom stereocenters. The van der Waals surface area contributed by atoms with Crippen LogP contribution in [0.2, 0.25) is 0 Å². The maximum absolute atomic E-state index is 11.9. The van der Waals surface area contributed by atoms with Gasteiger partial charge >= 0.3 is 5.97 Å². The molecule has 0 aliphatic rings. The van der Waals surface area contributed by atoms with E-state index in [0.717, 1.165) is 44.9 Å². The lowest BCUT2D eigenvalue weighted by Gasteiger charge is -2.16. The van der Waals surface area contributed by atoms with E-state index in [4.69, 9.17) is 5.11 Å². The summed E-state index contributed by atoms with van der Waals surface area (Å²) in [5.74, 6) is -0.845. The lowest BCUT2D eigenvalue weighted by Crippen LogP contribution is -2.41. The minimum absolute atomic E-state index is 0.144. The van der Waals surface area contributed by atoms with E-state index in [1.165, 1.54) is 12.8 Å². The van der Waals surface area contributed by atoms with Crippen molar-refractivity contribution in [3.63, 3.8) is 0 Å². The van der Waals surface area contributed by atoms with E-state index in [2.05, 4.69) is 48.7 Å². The second-order valence-electron chi connectivity index (χ2n) is 7.69. The maximum Gasteiger partial charge on any atom is 0.326 e. The maximum atomic E-state index is 11.9. The van der Waals surface area contributed by atoms with Crippen LogP contribution in [0.4, 0.5) is 0 Å². The van der Waals surface area contributed by atoms with Gasteiger partial charge in [-0.25, -0.2) is 4.79 Å². The second kappa shape index (κ2) is 18.5. The van der Waals surface area contributed by atoms with Gasteiger partial charge in [-0.3, -0.25) is 4.79 Å². The Kier molecular flexibility index (Phi) is 17.3. The van der Waals surface area contributed by atoms with Crippen molar-refractivity contribution in [2.24, 2.45) is 5.92 Å². The fourth-order valence-electron chi connectivity index (χ4n) is 2.86. The van der Waals surface area contributed by atoms with Gasteiger partial charge in [0.1, 0.15) is 6.04 Å². The summed E-state index contributed by atoms with van der Waals surface area (Å²) < 4.78 is 0. The first-order valence-electron chi connectivity index (χ1n) is 10.9. The number of nitrogens with one attached hydrogen (secondary N) is 1. The smallest absolute Gasteiger partial charge is 0.326 e.